The lowest BCUT2D eigenvalue weighted by molar-refractivity contribution is 0.111. The van der Waals surface area contributed by atoms with Crippen LogP contribution in [-0.2, 0) is 0 Å². The molecule has 17 heavy (non-hydrogen) atoms. The molecule has 86 valence electrons. The van der Waals surface area contributed by atoms with Crippen LogP contribution in [-0.4, -0.2) is 16.3 Å². The van der Waals surface area contributed by atoms with Crippen LogP contribution < -0.4 is 0 Å². The van der Waals surface area contributed by atoms with Crippen LogP contribution in [0.1, 0.15) is 10.5 Å². The van der Waals surface area contributed by atoms with Gasteiger partial charge in [-0.2, -0.15) is 0 Å². The highest BCUT2D eigenvalue weighted by Crippen LogP contribution is 2.29. The first-order chi connectivity index (χ1) is 8.11. The average molecular weight is 288 g/mol. The van der Waals surface area contributed by atoms with E-state index in [1.54, 1.807) is 18.2 Å². The lowest BCUT2D eigenvalue weighted by atomic mass is 10.1. The van der Waals surface area contributed by atoms with E-state index in [2.05, 4.69) is 9.97 Å². The summed E-state index contributed by atoms with van der Waals surface area (Å²) in [5.74, 6) is 0. The molecule has 0 saturated heterocycles. The second-order valence-corrected chi connectivity index (χ2v) is 4.37. The Morgan fingerprint density at radius 3 is 2.53 bits per heavy atom. The molecule has 2 rings (SSSR count). The van der Waals surface area contributed by atoms with Crippen molar-refractivity contribution in [2.24, 2.45) is 0 Å². The number of hydrogen-bond acceptors (Lipinski definition) is 3. The Labute approximate surface area is 112 Å². The summed E-state index contributed by atoms with van der Waals surface area (Å²) < 4.78 is 0. The van der Waals surface area contributed by atoms with Crippen molar-refractivity contribution < 1.29 is 4.79 Å². The average Bonchev–Trinajstić information content (AvgIpc) is 2.29. The molecule has 0 saturated carbocycles. The van der Waals surface area contributed by atoms with Crippen molar-refractivity contribution in [2.45, 2.75) is 0 Å². The van der Waals surface area contributed by atoms with Crippen molar-refractivity contribution >= 4 is 41.1 Å². The van der Waals surface area contributed by atoms with E-state index in [1.165, 1.54) is 6.20 Å². The Morgan fingerprint density at radius 1 is 1.18 bits per heavy atom. The van der Waals surface area contributed by atoms with Crippen molar-refractivity contribution in [2.75, 3.05) is 0 Å². The van der Waals surface area contributed by atoms with Gasteiger partial charge in [0, 0.05) is 10.6 Å². The summed E-state index contributed by atoms with van der Waals surface area (Å²) in [4.78, 5) is 18.5. The van der Waals surface area contributed by atoms with Crippen molar-refractivity contribution in [3.8, 4) is 11.3 Å². The third-order valence-electron chi connectivity index (χ3n) is 2.07. The van der Waals surface area contributed by atoms with E-state index in [0.29, 0.717) is 27.6 Å². The zero-order valence-electron chi connectivity index (χ0n) is 8.32. The van der Waals surface area contributed by atoms with Crippen molar-refractivity contribution in [1.82, 2.24) is 9.97 Å². The van der Waals surface area contributed by atoms with Gasteiger partial charge in [0.2, 0.25) is 0 Å². The lowest BCUT2D eigenvalue weighted by Crippen LogP contribution is -1.94. The maximum Gasteiger partial charge on any atom is 0.171 e. The van der Waals surface area contributed by atoms with Gasteiger partial charge < -0.3 is 0 Å². The summed E-state index contributed by atoms with van der Waals surface area (Å²) in [6.07, 6.45) is 1.98. The number of halogens is 3. The predicted octanol–water partition coefficient (Wildman–Crippen LogP) is 3.92. The van der Waals surface area contributed by atoms with Gasteiger partial charge in [0.05, 0.1) is 16.9 Å². The van der Waals surface area contributed by atoms with Crippen LogP contribution >= 0.6 is 34.8 Å². The number of nitrogens with zero attached hydrogens (tertiary/aromatic N) is 2. The van der Waals surface area contributed by atoms with Crippen LogP contribution in [0.5, 0.6) is 0 Å². The molecule has 0 atom stereocenters. The van der Waals surface area contributed by atoms with Gasteiger partial charge in [-0.25, -0.2) is 9.97 Å². The van der Waals surface area contributed by atoms with Gasteiger partial charge >= 0.3 is 0 Å². The van der Waals surface area contributed by atoms with Gasteiger partial charge in [-0.05, 0) is 18.2 Å². The molecule has 0 aliphatic heterocycles. The maximum atomic E-state index is 10.6. The molecule has 0 aliphatic rings. The van der Waals surface area contributed by atoms with Crippen molar-refractivity contribution in [3.05, 3.63) is 45.3 Å². The summed E-state index contributed by atoms with van der Waals surface area (Å²) in [6, 6.07) is 5.00. The number of carbonyl (C=O) groups is 1. The van der Waals surface area contributed by atoms with Crippen LogP contribution in [0.15, 0.2) is 24.4 Å². The zero-order valence-corrected chi connectivity index (χ0v) is 10.6. The van der Waals surface area contributed by atoms with Crippen LogP contribution in [0.4, 0.5) is 0 Å². The van der Waals surface area contributed by atoms with Crippen LogP contribution in [0.3, 0.4) is 0 Å². The first-order valence-corrected chi connectivity index (χ1v) is 5.68. The minimum Gasteiger partial charge on any atom is -0.296 e. The first-order valence-electron chi connectivity index (χ1n) is 4.55. The third-order valence-corrected chi connectivity index (χ3v) is 2.90. The van der Waals surface area contributed by atoms with Crippen molar-refractivity contribution in [3.63, 3.8) is 0 Å². The zero-order chi connectivity index (χ0) is 12.4. The molecule has 1 aromatic heterocycles. The largest absolute Gasteiger partial charge is 0.296 e. The highest BCUT2D eigenvalue weighted by atomic mass is 35.5. The fraction of sp³-hybridized carbons (Fsp3) is 0. The van der Waals surface area contributed by atoms with Gasteiger partial charge in [-0.15, -0.1) is 0 Å². The summed E-state index contributed by atoms with van der Waals surface area (Å²) in [5, 5.41) is 1.02. The summed E-state index contributed by atoms with van der Waals surface area (Å²) >= 11 is 17.6. The van der Waals surface area contributed by atoms with E-state index in [4.69, 9.17) is 34.8 Å². The fourth-order valence-corrected chi connectivity index (χ4v) is 1.97. The monoisotopic (exact) mass is 286 g/mol. The van der Waals surface area contributed by atoms with Crippen LogP contribution in [0.2, 0.25) is 15.2 Å². The SMILES string of the molecule is O=Cc1ncc(-c2ccc(Cl)cc2Cl)nc1Cl. The highest BCUT2D eigenvalue weighted by Gasteiger charge is 2.09. The topological polar surface area (TPSA) is 42.9 Å². The van der Waals surface area contributed by atoms with E-state index >= 15 is 0 Å². The molecular weight excluding hydrogens is 282 g/mol. The Bertz CT molecular complexity index is 587. The van der Waals surface area contributed by atoms with Gasteiger partial charge in [0.25, 0.3) is 0 Å². The molecule has 0 spiro atoms. The molecule has 6 heteroatoms. The van der Waals surface area contributed by atoms with Crippen LogP contribution in [0.25, 0.3) is 11.3 Å². The quantitative estimate of drug-likeness (QED) is 0.786. The maximum absolute atomic E-state index is 10.6. The van der Waals surface area contributed by atoms with Gasteiger partial charge in [0.1, 0.15) is 5.69 Å². The minimum absolute atomic E-state index is 0.0449. The fourth-order valence-electron chi connectivity index (χ4n) is 1.28. The first kappa shape index (κ1) is 12.3. The Kier molecular flexibility index (Phi) is 3.62. The van der Waals surface area contributed by atoms with E-state index in [0.717, 1.165) is 0 Å². The Morgan fingerprint density at radius 2 is 1.94 bits per heavy atom. The van der Waals surface area contributed by atoms with Crippen LogP contribution in [0, 0.1) is 0 Å². The van der Waals surface area contributed by atoms with Gasteiger partial charge in [-0.1, -0.05) is 34.8 Å². The molecule has 1 heterocycles. The molecule has 0 radical (unpaired) electrons. The summed E-state index contributed by atoms with van der Waals surface area (Å²) in [5.41, 5.74) is 1.24. The second kappa shape index (κ2) is 5.00. The van der Waals surface area contributed by atoms with E-state index in [-0.39, 0.29) is 10.8 Å². The molecule has 0 fully saturated rings. The van der Waals surface area contributed by atoms with E-state index in [9.17, 15) is 4.79 Å². The van der Waals surface area contributed by atoms with Gasteiger partial charge in [0.15, 0.2) is 11.4 Å². The minimum atomic E-state index is 0.0449. The molecule has 0 bridgehead atoms. The molecule has 0 amide bonds. The molecular formula is C11H5Cl3N2O. The predicted molar refractivity (Wildman–Crippen MR) is 67.9 cm³/mol. The van der Waals surface area contributed by atoms with Crippen molar-refractivity contribution in [1.29, 1.82) is 0 Å². The molecule has 2 aromatic rings. The summed E-state index contributed by atoms with van der Waals surface area (Å²) in [7, 11) is 0. The smallest absolute Gasteiger partial charge is 0.171 e. The normalized spacial score (nSPS) is 10.3. The molecule has 0 aliphatic carbocycles. The Balaban J connectivity index is 2.53. The Hall–Kier alpha value is -1.16. The lowest BCUT2D eigenvalue weighted by Gasteiger charge is -2.04. The summed E-state index contributed by atoms with van der Waals surface area (Å²) in [6.45, 7) is 0. The van der Waals surface area contributed by atoms with E-state index in [1.807, 2.05) is 0 Å². The number of carbonyl (C=O) groups excluding carboxylic acids is 1. The van der Waals surface area contributed by atoms with E-state index < -0.39 is 0 Å². The number of hydrogen-bond donors (Lipinski definition) is 0. The number of benzene rings is 1. The molecule has 3 nitrogen and oxygen atoms in total. The highest BCUT2D eigenvalue weighted by molar-refractivity contribution is 6.36. The second-order valence-electron chi connectivity index (χ2n) is 3.17. The standard InChI is InChI=1S/C11H5Cl3N2O/c12-6-1-2-7(8(13)3-6)9-4-15-10(5-17)11(14)16-9/h1-5H. The molecule has 0 unspecified atom stereocenters. The van der Waals surface area contributed by atoms with Gasteiger partial charge in [-0.3, -0.25) is 4.79 Å². The molecule has 0 N–H and O–H groups in total. The number of aromatic nitrogens is 2. The third kappa shape index (κ3) is 2.57. The number of aldehydes is 1. The molecule has 1 aromatic carbocycles. The number of rotatable bonds is 2.